The van der Waals surface area contributed by atoms with E-state index in [1.54, 1.807) is 16.5 Å². The normalized spacial score (nSPS) is 19.7. The van der Waals surface area contributed by atoms with Crippen molar-refractivity contribution in [2.45, 2.75) is 16.4 Å². The molecule has 1 aliphatic heterocycles. The topological polar surface area (TPSA) is 88.1 Å². The van der Waals surface area contributed by atoms with Gasteiger partial charge >= 0.3 is 145 Å². The zero-order chi connectivity index (χ0) is 17.8. The van der Waals surface area contributed by atoms with Crippen LogP contribution in [0.2, 0.25) is 0 Å². The number of nitrogens with one attached hydrogen (secondary N) is 2. The summed E-state index contributed by atoms with van der Waals surface area (Å²) in [4.78, 5) is 13.6. The molecule has 1 saturated heterocycles. The Balaban J connectivity index is 0.00000243. The van der Waals surface area contributed by atoms with Crippen molar-refractivity contribution in [3.8, 4) is 5.69 Å². The second-order valence-electron chi connectivity index (χ2n) is 5.35. The number of tetrazole rings is 1. The Morgan fingerprint density at radius 2 is 2.38 bits per heavy atom. The number of benzene rings is 1. The Hall–Kier alpha value is -0.380. The Labute approximate surface area is 189 Å². The van der Waals surface area contributed by atoms with Crippen molar-refractivity contribution in [2.24, 2.45) is 0 Å². The largest absolute Gasteiger partial charge is 0 e. The van der Waals surface area contributed by atoms with Gasteiger partial charge in [-0.15, -0.1) is 0 Å². The van der Waals surface area contributed by atoms with Gasteiger partial charge in [0, 0.05) is 22.4 Å². The van der Waals surface area contributed by atoms with Crippen LogP contribution in [0.4, 0.5) is 5.69 Å². The van der Waals surface area contributed by atoms with Gasteiger partial charge in [-0.25, -0.2) is 0 Å². The van der Waals surface area contributed by atoms with Crippen LogP contribution in [0, 0.1) is 4.77 Å². The number of ether oxygens (including phenoxy) is 1. The monoisotopic (exact) mass is 692 g/mol. The molecular formula is C14H17AuN6O2S2Te. The summed E-state index contributed by atoms with van der Waals surface area (Å²) in [6, 6.07) is 7.65. The number of amides is 1. The second-order valence-corrected chi connectivity index (χ2v) is 9.50. The molecule has 2 unspecified atom stereocenters. The number of H-pyrrole nitrogens is 1. The fourth-order valence-electron chi connectivity index (χ4n) is 2.42. The number of nitrogens with zero attached hydrogens (tertiary/aromatic N) is 4. The third-order valence-electron chi connectivity index (χ3n) is 3.65. The fourth-order valence-corrected chi connectivity index (χ4v) is 4.66. The SMILES string of the molecule is CC(=O)N1CC([Te])SCC1OCNc1cccc(-n2[nH]nnc2=S)c1.[Au]. The molecule has 0 saturated carbocycles. The zero-order valence-electron chi connectivity index (χ0n) is 13.7. The van der Waals surface area contributed by atoms with Crippen molar-refractivity contribution >= 4 is 57.9 Å². The van der Waals surface area contributed by atoms with Crippen molar-refractivity contribution in [3.63, 3.8) is 0 Å². The predicted molar refractivity (Wildman–Crippen MR) is 99.3 cm³/mol. The Morgan fingerprint density at radius 1 is 1.58 bits per heavy atom. The van der Waals surface area contributed by atoms with Gasteiger partial charge in [0.2, 0.25) is 0 Å². The average molecular weight is 690 g/mol. The first-order valence-corrected chi connectivity index (χ1v) is 10.4. The average Bonchev–Trinajstić information content (AvgIpc) is 3.02. The van der Waals surface area contributed by atoms with Crippen molar-refractivity contribution in [2.75, 3.05) is 24.3 Å². The summed E-state index contributed by atoms with van der Waals surface area (Å²) in [5.74, 6) is 0.821. The molecule has 2 atom stereocenters. The Kier molecular flexibility index (Phi) is 8.63. The minimum atomic E-state index is -0.207. The first-order valence-electron chi connectivity index (χ1n) is 7.55. The predicted octanol–water partition coefficient (Wildman–Crippen LogP) is 1.12. The maximum atomic E-state index is 11.8. The smallest absolute Gasteiger partial charge is 0 e. The molecule has 1 aromatic carbocycles. The van der Waals surface area contributed by atoms with Crippen LogP contribution >= 0.6 is 24.0 Å². The van der Waals surface area contributed by atoms with Crippen LogP contribution in [0.1, 0.15) is 6.92 Å². The van der Waals surface area contributed by atoms with Crippen molar-refractivity contribution < 1.29 is 31.9 Å². The number of hydrogen-bond donors (Lipinski definition) is 2. The van der Waals surface area contributed by atoms with Crippen LogP contribution in [0.15, 0.2) is 24.3 Å². The van der Waals surface area contributed by atoms with Crippen molar-refractivity contribution in [1.82, 2.24) is 25.1 Å². The molecular weight excluding hydrogens is 673 g/mol. The van der Waals surface area contributed by atoms with E-state index in [-0.39, 0.29) is 34.5 Å². The molecule has 0 aliphatic carbocycles. The van der Waals surface area contributed by atoms with E-state index >= 15 is 0 Å². The molecule has 1 amide bonds. The third kappa shape index (κ3) is 5.56. The van der Waals surface area contributed by atoms with Gasteiger partial charge in [0.25, 0.3) is 0 Å². The molecule has 26 heavy (non-hydrogen) atoms. The molecule has 12 heteroatoms. The minimum Gasteiger partial charge on any atom is 0 e. The summed E-state index contributed by atoms with van der Waals surface area (Å²) in [7, 11) is 0. The molecule has 8 nitrogen and oxygen atoms in total. The molecule has 0 bridgehead atoms. The zero-order valence-corrected chi connectivity index (χ0v) is 19.8. The quantitative estimate of drug-likeness (QED) is 0.277. The summed E-state index contributed by atoms with van der Waals surface area (Å²) in [6.07, 6.45) is -0.207. The molecule has 2 radical (unpaired) electrons. The minimum absolute atomic E-state index is 0. The summed E-state index contributed by atoms with van der Waals surface area (Å²) in [6.45, 7) is 2.61. The van der Waals surface area contributed by atoms with Gasteiger partial charge in [-0.3, -0.25) is 0 Å². The van der Waals surface area contributed by atoms with Crippen LogP contribution in [-0.4, -0.2) is 81.9 Å². The first kappa shape index (κ1) is 21.9. The number of thioether (sulfide) groups is 1. The van der Waals surface area contributed by atoms with Gasteiger partial charge in [-0.2, -0.15) is 0 Å². The van der Waals surface area contributed by atoms with Crippen LogP contribution < -0.4 is 5.32 Å². The molecule has 1 aromatic heterocycles. The number of aromatic amines is 1. The van der Waals surface area contributed by atoms with E-state index in [0.29, 0.717) is 14.8 Å². The van der Waals surface area contributed by atoms with Gasteiger partial charge in [0.15, 0.2) is 0 Å². The number of hydrogen-bond acceptors (Lipinski definition) is 7. The maximum Gasteiger partial charge on any atom is 0 e. The first-order chi connectivity index (χ1) is 12.0. The number of carbonyl (C=O) groups is 1. The number of aromatic nitrogens is 4. The standard InChI is InChI=1S/C14H17N6O2S2Te.Au/c1-9(21)19-6-13(25)24-7-12(19)22-8-15-10-3-2-4-11(5-10)20-14(23)16-17-18-20;/h2-5,12-13,15H,6-8H2,1H3,(H,16,18,23);. The van der Waals surface area contributed by atoms with Crippen LogP contribution in [0.5, 0.6) is 0 Å². The molecule has 144 valence electrons. The van der Waals surface area contributed by atoms with E-state index in [2.05, 4.69) is 20.8 Å². The number of rotatable bonds is 5. The van der Waals surface area contributed by atoms with E-state index in [0.717, 1.165) is 23.7 Å². The van der Waals surface area contributed by atoms with Crippen molar-refractivity contribution in [3.05, 3.63) is 29.0 Å². The van der Waals surface area contributed by atoms with Crippen molar-refractivity contribution in [1.29, 1.82) is 0 Å². The Morgan fingerprint density at radius 3 is 3.08 bits per heavy atom. The maximum absolute atomic E-state index is 11.8. The van der Waals surface area contributed by atoms with Crippen LogP contribution in [0.3, 0.4) is 0 Å². The molecule has 3 rings (SSSR count). The van der Waals surface area contributed by atoms with E-state index < -0.39 is 0 Å². The van der Waals surface area contributed by atoms with E-state index in [1.165, 1.54) is 0 Å². The molecule has 1 fully saturated rings. The number of carbonyl (C=O) groups excluding carboxylic acids is 1. The van der Waals surface area contributed by atoms with Gasteiger partial charge < -0.3 is 0 Å². The van der Waals surface area contributed by atoms with Gasteiger partial charge in [-0.1, -0.05) is 10.3 Å². The molecule has 1 aliphatic rings. The van der Waals surface area contributed by atoms with Gasteiger partial charge in [0.1, 0.15) is 0 Å². The molecule has 2 heterocycles. The fraction of sp³-hybridized carbons (Fsp3) is 0.429. The van der Waals surface area contributed by atoms with Crippen LogP contribution in [-0.2, 0) is 31.9 Å². The molecule has 2 aromatic rings. The molecule has 0 spiro atoms. The summed E-state index contributed by atoms with van der Waals surface area (Å²) < 4.78 is 8.29. The van der Waals surface area contributed by atoms with Gasteiger partial charge in [0.05, 0.1) is 0 Å². The van der Waals surface area contributed by atoms with E-state index in [4.69, 9.17) is 17.0 Å². The van der Waals surface area contributed by atoms with Gasteiger partial charge in [-0.05, 0) is 12.2 Å². The summed E-state index contributed by atoms with van der Waals surface area (Å²) in [5, 5.41) is 13.4. The van der Waals surface area contributed by atoms with E-state index in [1.807, 2.05) is 58.3 Å². The third-order valence-corrected chi connectivity index (χ3v) is 6.50. The van der Waals surface area contributed by atoms with Crippen LogP contribution in [0.25, 0.3) is 5.69 Å². The second kappa shape index (κ2) is 10.2. The van der Waals surface area contributed by atoms with E-state index in [9.17, 15) is 4.79 Å². The Bertz CT molecular complexity index is 803. The number of anilines is 1. The summed E-state index contributed by atoms with van der Waals surface area (Å²) >= 11 is 8.97. The molecule has 2 N–H and O–H groups in total. The summed E-state index contributed by atoms with van der Waals surface area (Å²) in [5.41, 5.74) is 1.70.